The molecule has 0 amide bonds. The first-order valence-corrected chi connectivity index (χ1v) is 7.11. The lowest BCUT2D eigenvalue weighted by Crippen LogP contribution is -2.14. The molecule has 4 heteroatoms. The first-order valence-electron chi connectivity index (χ1n) is 5.94. The van der Waals surface area contributed by atoms with Crippen molar-refractivity contribution in [2.45, 2.75) is 12.5 Å². The fraction of sp³-hybridized carbons (Fsp3) is 0.200. The molecular formula is C15H15BrClNO. The minimum absolute atomic E-state index is 0.160. The van der Waals surface area contributed by atoms with Crippen LogP contribution in [0.1, 0.15) is 17.2 Å². The number of rotatable bonds is 4. The molecule has 19 heavy (non-hydrogen) atoms. The highest BCUT2D eigenvalue weighted by Gasteiger charge is 2.14. The number of hydrogen-bond acceptors (Lipinski definition) is 2. The van der Waals surface area contributed by atoms with Crippen molar-refractivity contribution in [3.05, 3.63) is 63.1 Å². The predicted molar refractivity (Wildman–Crippen MR) is 82.8 cm³/mol. The highest BCUT2D eigenvalue weighted by atomic mass is 79.9. The maximum absolute atomic E-state index is 6.28. The second-order valence-electron chi connectivity index (χ2n) is 4.29. The molecule has 2 aromatic rings. The van der Waals surface area contributed by atoms with Crippen LogP contribution >= 0.6 is 27.5 Å². The third-order valence-corrected chi connectivity index (χ3v) is 4.00. The molecule has 0 bridgehead atoms. The zero-order valence-corrected chi connectivity index (χ0v) is 12.9. The molecule has 0 aromatic heterocycles. The number of benzene rings is 2. The zero-order valence-electron chi connectivity index (χ0n) is 10.6. The molecule has 0 saturated carbocycles. The number of hydrogen-bond donors (Lipinski definition) is 1. The van der Waals surface area contributed by atoms with Crippen LogP contribution in [0.5, 0.6) is 5.75 Å². The second-order valence-corrected chi connectivity index (χ2v) is 5.58. The van der Waals surface area contributed by atoms with Gasteiger partial charge in [-0.3, -0.25) is 0 Å². The van der Waals surface area contributed by atoms with Crippen molar-refractivity contribution in [1.82, 2.24) is 0 Å². The van der Waals surface area contributed by atoms with Crippen molar-refractivity contribution in [3.63, 3.8) is 0 Å². The third-order valence-electron chi connectivity index (χ3n) is 2.99. The summed E-state index contributed by atoms with van der Waals surface area (Å²) < 4.78 is 6.40. The Morgan fingerprint density at radius 2 is 2.00 bits per heavy atom. The van der Waals surface area contributed by atoms with E-state index in [1.807, 2.05) is 30.3 Å². The van der Waals surface area contributed by atoms with E-state index in [0.717, 1.165) is 27.8 Å². The van der Waals surface area contributed by atoms with Gasteiger partial charge in [0.05, 0.1) is 7.11 Å². The van der Waals surface area contributed by atoms with E-state index in [1.54, 1.807) is 13.2 Å². The van der Waals surface area contributed by atoms with Gasteiger partial charge in [-0.2, -0.15) is 0 Å². The maximum Gasteiger partial charge on any atom is 0.123 e. The summed E-state index contributed by atoms with van der Waals surface area (Å²) in [7, 11) is 1.64. The largest absolute Gasteiger partial charge is 0.496 e. The molecule has 1 atom stereocenters. The number of nitrogens with two attached hydrogens (primary N) is 1. The van der Waals surface area contributed by atoms with Crippen LogP contribution in [0, 0.1) is 0 Å². The average Bonchev–Trinajstić information content (AvgIpc) is 2.41. The maximum atomic E-state index is 6.28. The summed E-state index contributed by atoms with van der Waals surface area (Å²) in [4.78, 5) is 0. The molecule has 100 valence electrons. The highest BCUT2D eigenvalue weighted by molar-refractivity contribution is 9.10. The Kier molecular flexibility index (Phi) is 4.86. The van der Waals surface area contributed by atoms with Gasteiger partial charge >= 0.3 is 0 Å². The van der Waals surface area contributed by atoms with Crippen LogP contribution in [-0.4, -0.2) is 7.11 Å². The SMILES string of the molecule is COc1ccc(Cl)cc1C(N)Cc1ccccc1Br. The van der Waals surface area contributed by atoms with E-state index in [0.29, 0.717) is 5.02 Å². The lowest BCUT2D eigenvalue weighted by Gasteiger charge is -2.17. The van der Waals surface area contributed by atoms with E-state index in [4.69, 9.17) is 22.1 Å². The van der Waals surface area contributed by atoms with Gasteiger partial charge < -0.3 is 10.5 Å². The zero-order chi connectivity index (χ0) is 13.8. The van der Waals surface area contributed by atoms with Gasteiger partial charge in [-0.15, -0.1) is 0 Å². The summed E-state index contributed by atoms with van der Waals surface area (Å²) in [5.74, 6) is 0.768. The lowest BCUT2D eigenvalue weighted by molar-refractivity contribution is 0.405. The first-order chi connectivity index (χ1) is 9.11. The monoisotopic (exact) mass is 339 g/mol. The molecule has 0 aliphatic rings. The molecule has 0 spiro atoms. The Bertz CT molecular complexity index is 574. The number of methoxy groups -OCH3 is 1. The summed E-state index contributed by atoms with van der Waals surface area (Å²) in [6.07, 6.45) is 0.720. The number of ether oxygens (including phenoxy) is 1. The van der Waals surface area contributed by atoms with E-state index in [-0.39, 0.29) is 6.04 Å². The van der Waals surface area contributed by atoms with Crippen LogP contribution in [0.15, 0.2) is 46.9 Å². The highest BCUT2D eigenvalue weighted by Crippen LogP contribution is 2.30. The van der Waals surface area contributed by atoms with Crippen LogP contribution in [0.4, 0.5) is 0 Å². The number of halogens is 2. The van der Waals surface area contributed by atoms with E-state index < -0.39 is 0 Å². The van der Waals surface area contributed by atoms with E-state index >= 15 is 0 Å². The molecule has 0 aliphatic heterocycles. The fourth-order valence-corrected chi connectivity index (χ4v) is 2.63. The van der Waals surface area contributed by atoms with E-state index in [1.165, 1.54) is 0 Å². The van der Waals surface area contributed by atoms with Crippen molar-refractivity contribution < 1.29 is 4.74 Å². The molecule has 2 nitrogen and oxygen atoms in total. The fourth-order valence-electron chi connectivity index (χ4n) is 2.01. The average molecular weight is 341 g/mol. The molecular weight excluding hydrogens is 326 g/mol. The van der Waals surface area contributed by atoms with Gasteiger partial charge in [0, 0.05) is 21.1 Å². The van der Waals surface area contributed by atoms with Crippen LogP contribution in [-0.2, 0) is 6.42 Å². The van der Waals surface area contributed by atoms with Gasteiger partial charge in [0.2, 0.25) is 0 Å². The van der Waals surface area contributed by atoms with Crippen LogP contribution in [0.3, 0.4) is 0 Å². The van der Waals surface area contributed by atoms with E-state index in [9.17, 15) is 0 Å². The van der Waals surface area contributed by atoms with Gasteiger partial charge in [-0.25, -0.2) is 0 Å². The molecule has 0 heterocycles. The van der Waals surface area contributed by atoms with Crippen LogP contribution in [0.25, 0.3) is 0 Å². The molecule has 0 saturated heterocycles. The summed E-state index contributed by atoms with van der Waals surface area (Å²) in [6, 6.07) is 13.4. The van der Waals surface area contributed by atoms with Crippen molar-refractivity contribution >= 4 is 27.5 Å². The smallest absolute Gasteiger partial charge is 0.123 e. The molecule has 2 N–H and O–H groups in total. The summed E-state index contributed by atoms with van der Waals surface area (Å²) in [5.41, 5.74) is 8.37. The van der Waals surface area contributed by atoms with E-state index in [2.05, 4.69) is 22.0 Å². The third kappa shape index (κ3) is 3.50. The Labute approximate surface area is 126 Å². The Morgan fingerprint density at radius 1 is 1.26 bits per heavy atom. The van der Waals surface area contributed by atoms with Crippen molar-refractivity contribution in [2.75, 3.05) is 7.11 Å². The minimum Gasteiger partial charge on any atom is -0.496 e. The summed E-state index contributed by atoms with van der Waals surface area (Å²) in [6.45, 7) is 0. The minimum atomic E-state index is -0.160. The molecule has 2 aromatic carbocycles. The Hall–Kier alpha value is -1.03. The lowest BCUT2D eigenvalue weighted by atomic mass is 9.99. The standard InChI is InChI=1S/C15H15BrClNO/c1-19-15-7-6-11(17)9-12(15)14(18)8-10-4-2-3-5-13(10)16/h2-7,9,14H,8,18H2,1H3. The van der Waals surface area contributed by atoms with Crippen molar-refractivity contribution in [1.29, 1.82) is 0 Å². The predicted octanol–water partition coefficient (Wildman–Crippen LogP) is 4.35. The molecule has 0 aliphatic carbocycles. The van der Waals surface area contributed by atoms with Crippen molar-refractivity contribution in [3.8, 4) is 5.75 Å². The van der Waals surface area contributed by atoms with Gasteiger partial charge in [0.25, 0.3) is 0 Å². The molecule has 0 radical (unpaired) electrons. The molecule has 0 fully saturated rings. The Morgan fingerprint density at radius 3 is 2.68 bits per heavy atom. The quantitative estimate of drug-likeness (QED) is 0.898. The first kappa shape index (κ1) is 14.4. The summed E-state index contributed by atoms with van der Waals surface area (Å²) in [5, 5.41) is 0.665. The van der Waals surface area contributed by atoms with Crippen LogP contribution < -0.4 is 10.5 Å². The summed E-state index contributed by atoms with van der Waals surface area (Å²) >= 11 is 9.57. The normalized spacial score (nSPS) is 12.2. The van der Waals surface area contributed by atoms with Gasteiger partial charge in [0.15, 0.2) is 0 Å². The molecule has 2 rings (SSSR count). The Balaban J connectivity index is 2.27. The molecule has 1 unspecified atom stereocenters. The van der Waals surface area contributed by atoms with Crippen molar-refractivity contribution in [2.24, 2.45) is 5.73 Å². The van der Waals surface area contributed by atoms with Gasteiger partial charge in [-0.05, 0) is 36.2 Å². The second kappa shape index (κ2) is 6.42. The van der Waals surface area contributed by atoms with Crippen LogP contribution in [0.2, 0.25) is 5.02 Å². The van der Waals surface area contributed by atoms with Gasteiger partial charge in [0.1, 0.15) is 5.75 Å². The topological polar surface area (TPSA) is 35.2 Å². The van der Waals surface area contributed by atoms with Gasteiger partial charge in [-0.1, -0.05) is 45.7 Å².